The Morgan fingerprint density at radius 2 is 0.978 bits per heavy atom. The number of nitrogens with one attached hydrogen (secondary N) is 4. The van der Waals surface area contributed by atoms with Crippen molar-refractivity contribution in [2.45, 2.75) is 20.0 Å². The number of anilines is 4. The van der Waals surface area contributed by atoms with Gasteiger partial charge in [0.05, 0.1) is 27.0 Å². The lowest BCUT2D eigenvalue weighted by Crippen LogP contribution is -2.19. The van der Waals surface area contributed by atoms with Gasteiger partial charge in [-0.25, -0.2) is 0 Å². The third kappa shape index (κ3) is 10.0. The predicted octanol–water partition coefficient (Wildman–Crippen LogP) is 11.3. The topological polar surface area (TPSA) is 88.6 Å². The molecule has 0 aliphatic heterocycles. The van der Waals surface area contributed by atoms with Crippen molar-refractivity contribution in [3.05, 3.63) is 102 Å². The van der Waals surface area contributed by atoms with E-state index in [1.807, 2.05) is 0 Å². The van der Waals surface area contributed by atoms with Crippen LogP contribution in [0.2, 0.25) is 25.1 Å². The van der Waals surface area contributed by atoms with Crippen molar-refractivity contribution < 1.29 is 23.4 Å². The van der Waals surface area contributed by atoms with Gasteiger partial charge in [-0.2, -0.15) is 13.2 Å². The summed E-state index contributed by atoms with van der Waals surface area (Å²) in [7, 11) is 0. The Hall–Kier alpha value is -2.90. The number of phenolic OH excluding ortho intramolecular Hbond substituents is 2. The molecule has 16 heteroatoms. The average molecular weight is 757 g/mol. The first kappa shape index (κ1) is 36.6. The highest BCUT2D eigenvalue weighted by atomic mass is 35.5. The number of halogens is 8. The van der Waals surface area contributed by atoms with Crippen LogP contribution >= 0.6 is 82.4 Å². The van der Waals surface area contributed by atoms with Crippen LogP contribution in [-0.2, 0) is 6.18 Å². The van der Waals surface area contributed by atoms with E-state index in [1.165, 1.54) is 18.2 Å². The molecule has 6 N–H and O–H groups in total. The summed E-state index contributed by atoms with van der Waals surface area (Å²) in [5.74, 6) is -0.325. The molecule has 238 valence electrons. The molecule has 0 fully saturated rings. The van der Waals surface area contributed by atoms with Gasteiger partial charge in [-0.15, -0.1) is 0 Å². The van der Waals surface area contributed by atoms with Crippen LogP contribution in [0.1, 0.15) is 16.7 Å². The van der Waals surface area contributed by atoms with Gasteiger partial charge in [0.15, 0.2) is 21.7 Å². The summed E-state index contributed by atoms with van der Waals surface area (Å²) in [6, 6.07) is 14.4. The summed E-state index contributed by atoms with van der Waals surface area (Å²) in [6.45, 7) is 3.37. The zero-order valence-corrected chi connectivity index (χ0v) is 28.4. The molecule has 4 aromatic carbocycles. The zero-order chi connectivity index (χ0) is 33.6. The van der Waals surface area contributed by atoms with Gasteiger partial charge in [-0.1, -0.05) is 58.0 Å². The minimum Gasteiger partial charge on any atom is -0.504 e. The molecule has 0 amide bonds. The van der Waals surface area contributed by atoms with Crippen LogP contribution in [0.25, 0.3) is 0 Å². The Labute approximate surface area is 292 Å². The van der Waals surface area contributed by atoms with Gasteiger partial charge in [0.25, 0.3) is 0 Å². The van der Waals surface area contributed by atoms with Crippen molar-refractivity contribution in [3.8, 4) is 11.5 Å². The molecular formula is C29H22Cl5F3N4O2S2. The molecule has 0 heterocycles. The number of phenols is 2. The molecule has 6 nitrogen and oxygen atoms in total. The molecule has 4 aromatic rings. The SMILES string of the molecule is Cc1c(Cl)cc(NC(=S)Nc2ccc(C(F)(F)F)cc2)c(O)c1Cl.Cc1c(Cl)cc(NC(=S)Nc2ccc(Cl)cc2)c(O)c1Cl. The van der Waals surface area contributed by atoms with E-state index in [-0.39, 0.29) is 32.3 Å². The van der Waals surface area contributed by atoms with Gasteiger partial charge in [0, 0.05) is 26.4 Å². The molecule has 0 aliphatic rings. The summed E-state index contributed by atoms with van der Waals surface area (Å²) < 4.78 is 37.5. The van der Waals surface area contributed by atoms with E-state index in [0.717, 1.165) is 17.8 Å². The first-order valence-corrected chi connectivity index (χ1v) is 15.1. The van der Waals surface area contributed by atoms with E-state index in [0.29, 0.717) is 42.7 Å². The maximum absolute atomic E-state index is 12.5. The highest BCUT2D eigenvalue weighted by Gasteiger charge is 2.30. The van der Waals surface area contributed by atoms with Crippen LogP contribution < -0.4 is 21.3 Å². The molecule has 0 saturated heterocycles. The molecule has 45 heavy (non-hydrogen) atoms. The van der Waals surface area contributed by atoms with Crippen molar-refractivity contribution in [1.82, 2.24) is 0 Å². The first-order chi connectivity index (χ1) is 21.0. The molecular weight excluding hydrogens is 735 g/mol. The van der Waals surface area contributed by atoms with Crippen LogP contribution in [0.4, 0.5) is 35.9 Å². The van der Waals surface area contributed by atoms with Gasteiger partial charge >= 0.3 is 6.18 Å². The van der Waals surface area contributed by atoms with E-state index >= 15 is 0 Å². The summed E-state index contributed by atoms with van der Waals surface area (Å²) in [5.41, 5.74) is 2.00. The Morgan fingerprint density at radius 1 is 0.622 bits per heavy atom. The number of benzene rings is 4. The zero-order valence-electron chi connectivity index (χ0n) is 23.0. The van der Waals surface area contributed by atoms with Crippen molar-refractivity contribution in [1.29, 1.82) is 0 Å². The van der Waals surface area contributed by atoms with Crippen molar-refractivity contribution in [2.75, 3.05) is 21.3 Å². The second-order valence-electron chi connectivity index (χ2n) is 9.13. The van der Waals surface area contributed by atoms with Crippen molar-refractivity contribution >= 4 is 115 Å². The molecule has 0 aliphatic carbocycles. The van der Waals surface area contributed by atoms with Crippen LogP contribution in [-0.4, -0.2) is 20.4 Å². The Balaban J connectivity index is 0.000000248. The molecule has 4 rings (SSSR count). The molecule has 0 radical (unpaired) electrons. The van der Waals surface area contributed by atoms with Gasteiger partial charge < -0.3 is 31.5 Å². The van der Waals surface area contributed by atoms with E-state index in [9.17, 15) is 23.4 Å². The lowest BCUT2D eigenvalue weighted by molar-refractivity contribution is -0.137. The molecule has 0 bridgehead atoms. The maximum atomic E-state index is 12.5. The second-order valence-corrected chi connectivity index (χ2v) is 12.0. The predicted molar refractivity (Wildman–Crippen MR) is 188 cm³/mol. The number of thiocarbonyl (C=S) groups is 2. The van der Waals surface area contributed by atoms with E-state index in [2.05, 4.69) is 21.3 Å². The molecule has 0 spiro atoms. The van der Waals surface area contributed by atoms with E-state index in [4.69, 9.17) is 82.4 Å². The third-order valence-corrected chi connectivity index (χ3v) is 8.28. The largest absolute Gasteiger partial charge is 0.504 e. The average Bonchev–Trinajstić information content (AvgIpc) is 2.97. The van der Waals surface area contributed by atoms with Gasteiger partial charge in [0.1, 0.15) is 0 Å². The van der Waals surface area contributed by atoms with E-state index < -0.39 is 11.7 Å². The smallest absolute Gasteiger partial charge is 0.416 e. The summed E-state index contributed by atoms with van der Waals surface area (Å²) in [6.07, 6.45) is -4.40. The number of aromatic hydroxyl groups is 2. The van der Waals surface area contributed by atoms with Crippen LogP contribution in [0.3, 0.4) is 0 Å². The second kappa shape index (κ2) is 15.6. The Bertz CT molecular complexity index is 1730. The highest BCUT2D eigenvalue weighted by Crippen LogP contribution is 2.40. The van der Waals surface area contributed by atoms with Crippen LogP contribution in [0.15, 0.2) is 60.7 Å². The molecule has 0 saturated carbocycles. The maximum Gasteiger partial charge on any atom is 0.416 e. The Morgan fingerprint density at radius 3 is 1.33 bits per heavy atom. The molecule has 0 aromatic heterocycles. The van der Waals surface area contributed by atoms with Gasteiger partial charge in [0.2, 0.25) is 0 Å². The lowest BCUT2D eigenvalue weighted by atomic mass is 10.2. The monoisotopic (exact) mass is 754 g/mol. The number of hydrogen-bond donors (Lipinski definition) is 6. The fourth-order valence-electron chi connectivity index (χ4n) is 3.44. The van der Waals surface area contributed by atoms with E-state index in [1.54, 1.807) is 44.2 Å². The minimum absolute atomic E-state index is 0.0565. The highest BCUT2D eigenvalue weighted by molar-refractivity contribution is 7.81. The summed E-state index contributed by atoms with van der Waals surface area (Å²) in [4.78, 5) is 0. The number of hydrogen-bond acceptors (Lipinski definition) is 4. The normalized spacial score (nSPS) is 10.8. The quantitative estimate of drug-likeness (QED) is 0.0907. The van der Waals surface area contributed by atoms with Crippen LogP contribution in [0, 0.1) is 13.8 Å². The van der Waals surface area contributed by atoms with Crippen molar-refractivity contribution in [2.24, 2.45) is 0 Å². The number of alkyl halides is 3. The number of rotatable bonds is 4. The van der Waals surface area contributed by atoms with Gasteiger partial charge in [-0.3, -0.25) is 0 Å². The molecule has 0 unspecified atom stereocenters. The van der Waals surface area contributed by atoms with Crippen LogP contribution in [0.5, 0.6) is 11.5 Å². The minimum atomic E-state index is -4.40. The lowest BCUT2D eigenvalue weighted by Gasteiger charge is -2.15. The first-order valence-electron chi connectivity index (χ1n) is 12.4. The summed E-state index contributed by atoms with van der Waals surface area (Å²) in [5, 5.41) is 33.2. The third-order valence-electron chi connectivity index (χ3n) is 5.91. The Kier molecular flexibility index (Phi) is 12.7. The van der Waals surface area contributed by atoms with Gasteiger partial charge in [-0.05, 0) is 110 Å². The molecule has 0 atom stereocenters. The summed E-state index contributed by atoms with van der Waals surface area (Å²) >= 11 is 40.0. The fraction of sp³-hybridized carbons (Fsp3) is 0.103. The van der Waals surface area contributed by atoms with Crippen molar-refractivity contribution in [3.63, 3.8) is 0 Å². The fourth-order valence-corrected chi connectivity index (χ4v) is 4.94. The standard InChI is InChI=1S/C15H11Cl2F3N2OS.C14H11Cl3N2OS/c1-7-10(16)6-11(13(23)12(7)17)22-14(24)21-9-4-2-8(3-5-9)15(18,19)20;1-7-10(16)6-11(13(20)12(7)17)19-14(21)18-9-4-2-8(15)3-5-9/h2-6,23H,1H3,(H2,21,22,24);2-6,20H,1H3,(H2,18,19,21).